The molecule has 1 aromatic carbocycles. The van der Waals surface area contributed by atoms with E-state index in [1.807, 2.05) is 0 Å². The predicted octanol–water partition coefficient (Wildman–Crippen LogP) is 3.09. The van der Waals surface area contributed by atoms with Gasteiger partial charge in [0.1, 0.15) is 23.3 Å². The minimum Gasteiger partial charge on any atom is -0.496 e. The molecule has 0 amide bonds. The average Bonchev–Trinajstić information content (AvgIpc) is 2.38. The van der Waals surface area contributed by atoms with Crippen LogP contribution in [-0.4, -0.2) is 24.2 Å². The van der Waals surface area contributed by atoms with Crippen LogP contribution in [0.1, 0.15) is 5.82 Å². The summed E-state index contributed by atoms with van der Waals surface area (Å²) in [5.74, 6) is 0.565. The van der Waals surface area contributed by atoms with Gasteiger partial charge in [-0.3, -0.25) is 0 Å². The number of aromatic nitrogens is 2. The Morgan fingerprint density at radius 1 is 1.21 bits per heavy atom. The van der Waals surface area contributed by atoms with Crippen LogP contribution in [0, 0.1) is 5.82 Å². The maximum absolute atomic E-state index is 13.4. The van der Waals surface area contributed by atoms with Crippen LogP contribution >= 0.6 is 11.6 Å². The monoisotopic (exact) mass is 282 g/mol. The molecule has 0 aliphatic heterocycles. The van der Waals surface area contributed by atoms with Crippen LogP contribution in [-0.2, 0) is 11.3 Å². The first-order valence-electron chi connectivity index (χ1n) is 5.50. The average molecular weight is 283 g/mol. The Morgan fingerprint density at radius 2 is 2.00 bits per heavy atom. The zero-order valence-corrected chi connectivity index (χ0v) is 11.2. The number of rotatable bonds is 4. The molecule has 0 fully saturated rings. The molecule has 6 heteroatoms. The molecule has 0 unspecified atom stereocenters. The van der Waals surface area contributed by atoms with Gasteiger partial charge in [0, 0.05) is 18.7 Å². The largest absolute Gasteiger partial charge is 0.496 e. The summed E-state index contributed by atoms with van der Waals surface area (Å²) in [4.78, 5) is 8.30. The summed E-state index contributed by atoms with van der Waals surface area (Å²) in [6.45, 7) is 0.227. The molecule has 0 saturated carbocycles. The minimum absolute atomic E-state index is 0.227. The molecule has 4 nitrogen and oxygen atoms in total. The molecule has 2 rings (SSSR count). The summed E-state index contributed by atoms with van der Waals surface area (Å²) >= 11 is 5.93. The fraction of sp³-hybridized carbons (Fsp3) is 0.231. The van der Waals surface area contributed by atoms with Crippen molar-refractivity contribution in [2.75, 3.05) is 14.2 Å². The van der Waals surface area contributed by atoms with Crippen LogP contribution in [0.3, 0.4) is 0 Å². The molecule has 0 aliphatic rings. The van der Waals surface area contributed by atoms with E-state index in [0.29, 0.717) is 22.8 Å². The summed E-state index contributed by atoms with van der Waals surface area (Å²) in [7, 11) is 3.04. The van der Waals surface area contributed by atoms with Gasteiger partial charge in [0.25, 0.3) is 0 Å². The number of ether oxygens (including phenoxy) is 2. The van der Waals surface area contributed by atoms with Gasteiger partial charge in [0.05, 0.1) is 12.8 Å². The van der Waals surface area contributed by atoms with Gasteiger partial charge >= 0.3 is 0 Å². The summed E-state index contributed by atoms with van der Waals surface area (Å²) in [5.41, 5.74) is 1.01. The van der Waals surface area contributed by atoms with E-state index in [9.17, 15) is 4.39 Å². The van der Waals surface area contributed by atoms with Crippen molar-refractivity contribution in [3.05, 3.63) is 41.1 Å². The van der Waals surface area contributed by atoms with Crippen molar-refractivity contribution in [1.29, 1.82) is 0 Å². The van der Waals surface area contributed by atoms with Gasteiger partial charge in [-0.2, -0.15) is 0 Å². The van der Waals surface area contributed by atoms with E-state index in [-0.39, 0.29) is 17.6 Å². The number of benzene rings is 1. The summed E-state index contributed by atoms with van der Waals surface area (Å²) in [6.07, 6.45) is 0. The van der Waals surface area contributed by atoms with E-state index in [0.717, 1.165) is 0 Å². The zero-order valence-electron chi connectivity index (χ0n) is 10.5. The normalized spacial score (nSPS) is 10.5. The standard InChI is InChI=1S/C13H12ClFN2O2/c1-18-7-13-16-10(6-12(14)17-13)9-5-8(15)3-4-11(9)19-2/h3-6H,7H2,1-2H3. The molecule has 0 aliphatic carbocycles. The molecule has 0 atom stereocenters. The van der Waals surface area contributed by atoms with E-state index in [2.05, 4.69) is 9.97 Å². The zero-order chi connectivity index (χ0) is 13.8. The van der Waals surface area contributed by atoms with Crippen molar-refractivity contribution in [1.82, 2.24) is 9.97 Å². The second-order valence-corrected chi connectivity index (χ2v) is 4.16. The van der Waals surface area contributed by atoms with Gasteiger partial charge < -0.3 is 9.47 Å². The van der Waals surface area contributed by atoms with Gasteiger partial charge in [-0.15, -0.1) is 0 Å². The van der Waals surface area contributed by atoms with Gasteiger partial charge in [0.2, 0.25) is 0 Å². The number of hydrogen-bond acceptors (Lipinski definition) is 4. The quantitative estimate of drug-likeness (QED) is 0.808. The topological polar surface area (TPSA) is 44.2 Å². The minimum atomic E-state index is -0.376. The molecule has 0 radical (unpaired) electrons. The molecule has 0 spiro atoms. The Kier molecular flexibility index (Phi) is 4.29. The fourth-order valence-electron chi connectivity index (χ4n) is 1.68. The highest BCUT2D eigenvalue weighted by Gasteiger charge is 2.11. The lowest BCUT2D eigenvalue weighted by atomic mass is 10.1. The Morgan fingerprint density at radius 3 is 2.68 bits per heavy atom. The first-order chi connectivity index (χ1) is 9.13. The smallest absolute Gasteiger partial charge is 0.156 e. The van der Waals surface area contributed by atoms with E-state index in [4.69, 9.17) is 21.1 Å². The maximum atomic E-state index is 13.4. The van der Waals surface area contributed by atoms with Crippen molar-refractivity contribution < 1.29 is 13.9 Å². The van der Waals surface area contributed by atoms with Crippen LogP contribution in [0.25, 0.3) is 11.3 Å². The van der Waals surface area contributed by atoms with Gasteiger partial charge in [-0.1, -0.05) is 11.6 Å². The van der Waals surface area contributed by atoms with Crippen molar-refractivity contribution in [2.45, 2.75) is 6.61 Å². The van der Waals surface area contributed by atoms with E-state index >= 15 is 0 Å². The summed E-state index contributed by atoms with van der Waals surface area (Å²) in [6, 6.07) is 5.75. The fourth-order valence-corrected chi connectivity index (χ4v) is 1.88. The first kappa shape index (κ1) is 13.7. The lowest BCUT2D eigenvalue weighted by Gasteiger charge is -2.09. The third-order valence-electron chi connectivity index (χ3n) is 2.45. The molecule has 100 valence electrons. The van der Waals surface area contributed by atoms with Crippen LogP contribution in [0.4, 0.5) is 4.39 Å². The van der Waals surface area contributed by atoms with Crippen LogP contribution in [0.2, 0.25) is 5.15 Å². The molecule has 1 heterocycles. The Balaban J connectivity index is 2.54. The van der Waals surface area contributed by atoms with E-state index in [1.54, 1.807) is 6.07 Å². The van der Waals surface area contributed by atoms with Crippen LogP contribution in [0.5, 0.6) is 5.75 Å². The lowest BCUT2D eigenvalue weighted by Crippen LogP contribution is -2.00. The van der Waals surface area contributed by atoms with Gasteiger partial charge in [-0.25, -0.2) is 14.4 Å². The van der Waals surface area contributed by atoms with Crippen LogP contribution in [0.15, 0.2) is 24.3 Å². The summed E-state index contributed by atoms with van der Waals surface area (Å²) < 4.78 is 23.5. The van der Waals surface area contributed by atoms with Crippen molar-refractivity contribution in [2.24, 2.45) is 0 Å². The number of hydrogen-bond donors (Lipinski definition) is 0. The highest BCUT2D eigenvalue weighted by atomic mass is 35.5. The molecule has 19 heavy (non-hydrogen) atoms. The number of methoxy groups -OCH3 is 2. The first-order valence-corrected chi connectivity index (χ1v) is 5.88. The lowest BCUT2D eigenvalue weighted by molar-refractivity contribution is 0.178. The SMILES string of the molecule is COCc1nc(Cl)cc(-c2cc(F)ccc2OC)n1. The molecular weight excluding hydrogens is 271 g/mol. The van der Waals surface area contributed by atoms with E-state index < -0.39 is 0 Å². The third-order valence-corrected chi connectivity index (χ3v) is 2.65. The van der Waals surface area contributed by atoms with Gasteiger partial charge in [-0.05, 0) is 18.2 Å². The Hall–Kier alpha value is -1.72. The van der Waals surface area contributed by atoms with Crippen molar-refractivity contribution in [3.63, 3.8) is 0 Å². The molecular formula is C13H12ClFN2O2. The molecule has 0 N–H and O–H groups in total. The van der Waals surface area contributed by atoms with Crippen molar-refractivity contribution in [3.8, 4) is 17.0 Å². The Labute approximate surface area is 115 Å². The molecule has 0 saturated heterocycles. The van der Waals surface area contributed by atoms with Gasteiger partial charge in [0.15, 0.2) is 5.82 Å². The third kappa shape index (κ3) is 3.19. The van der Waals surface area contributed by atoms with E-state index in [1.165, 1.54) is 32.4 Å². The second kappa shape index (κ2) is 5.95. The highest BCUT2D eigenvalue weighted by molar-refractivity contribution is 6.29. The number of nitrogens with zero attached hydrogens (tertiary/aromatic N) is 2. The summed E-state index contributed by atoms with van der Waals surface area (Å²) in [5, 5.41) is 0.267. The molecule has 2 aromatic rings. The molecule has 1 aromatic heterocycles. The maximum Gasteiger partial charge on any atom is 0.156 e. The van der Waals surface area contributed by atoms with Crippen LogP contribution < -0.4 is 4.74 Å². The highest BCUT2D eigenvalue weighted by Crippen LogP contribution is 2.30. The predicted molar refractivity (Wildman–Crippen MR) is 69.7 cm³/mol. The molecule has 0 bridgehead atoms. The second-order valence-electron chi connectivity index (χ2n) is 3.77. The Bertz CT molecular complexity index is 593. The van der Waals surface area contributed by atoms with Crippen molar-refractivity contribution >= 4 is 11.6 Å². The number of halogens is 2.